The fraction of sp³-hybridized carbons (Fsp3) is 0.727. The Balaban J connectivity index is 2.21. The molecule has 0 atom stereocenters. The highest BCUT2D eigenvalue weighted by molar-refractivity contribution is 4.66. The third kappa shape index (κ3) is 3.50. The molecule has 1 rings (SSSR count). The van der Waals surface area contributed by atoms with Gasteiger partial charge in [0.2, 0.25) is 6.33 Å². The van der Waals surface area contributed by atoms with Crippen LogP contribution in [0.4, 0.5) is 0 Å². The van der Waals surface area contributed by atoms with Gasteiger partial charge in [0.25, 0.3) is 0 Å². The Morgan fingerprint density at radius 1 is 1.29 bits per heavy atom. The molecule has 0 amide bonds. The van der Waals surface area contributed by atoms with Crippen molar-refractivity contribution < 1.29 is 4.57 Å². The number of hydrogen-bond donors (Lipinski definition) is 0. The lowest BCUT2D eigenvalue weighted by molar-refractivity contribution is -0.671. The van der Waals surface area contributed by atoms with Crippen molar-refractivity contribution in [3.8, 4) is 0 Å². The summed E-state index contributed by atoms with van der Waals surface area (Å²) in [5.41, 5.74) is 0. The molecule has 0 N–H and O–H groups in total. The van der Waals surface area contributed by atoms with E-state index < -0.39 is 0 Å². The molecule has 0 bridgehead atoms. The average Bonchev–Trinajstić information content (AvgIpc) is 2.59. The van der Waals surface area contributed by atoms with E-state index in [1.165, 1.54) is 13.0 Å². The molecule has 14 heavy (non-hydrogen) atoms. The highest BCUT2D eigenvalue weighted by atomic mass is 15.1. The molecular weight excluding hydrogens is 174 g/mol. The van der Waals surface area contributed by atoms with Gasteiger partial charge in [-0.25, -0.2) is 9.13 Å². The van der Waals surface area contributed by atoms with E-state index in [2.05, 4.69) is 53.7 Å². The maximum Gasteiger partial charge on any atom is 0.243 e. The van der Waals surface area contributed by atoms with Crippen molar-refractivity contribution in [1.29, 1.82) is 0 Å². The summed E-state index contributed by atoms with van der Waals surface area (Å²) in [6, 6.07) is 0. The molecule has 0 aliphatic carbocycles. The predicted molar refractivity (Wildman–Crippen MR) is 58.0 cm³/mol. The number of hydrogen-bond acceptors (Lipinski definition) is 1. The average molecular weight is 196 g/mol. The van der Waals surface area contributed by atoms with Crippen LogP contribution in [0, 0.1) is 0 Å². The Bertz CT molecular complexity index is 251. The van der Waals surface area contributed by atoms with Gasteiger partial charge in [0, 0.05) is 6.54 Å². The molecule has 0 saturated carbocycles. The van der Waals surface area contributed by atoms with Gasteiger partial charge in [-0.3, -0.25) is 0 Å². The third-order valence-electron chi connectivity index (χ3n) is 2.61. The lowest BCUT2D eigenvalue weighted by atomic mass is 10.3. The second kappa shape index (κ2) is 5.81. The quantitative estimate of drug-likeness (QED) is 0.619. The van der Waals surface area contributed by atoms with Crippen molar-refractivity contribution in [2.75, 3.05) is 19.6 Å². The molecule has 1 heterocycles. The van der Waals surface area contributed by atoms with Crippen LogP contribution in [-0.2, 0) is 13.6 Å². The van der Waals surface area contributed by atoms with E-state index in [9.17, 15) is 0 Å². The molecule has 0 fully saturated rings. The van der Waals surface area contributed by atoms with Gasteiger partial charge >= 0.3 is 0 Å². The standard InChI is InChI=1S/C11H22N3/c1-4-13(5-2)7-6-8-14-10-9-12(3)11-14/h9-11H,4-8H2,1-3H3/q+1. The molecular formula is C11H22N3+. The van der Waals surface area contributed by atoms with Gasteiger partial charge in [-0.1, -0.05) is 13.8 Å². The van der Waals surface area contributed by atoms with Crippen molar-refractivity contribution in [2.45, 2.75) is 26.8 Å². The molecule has 0 aliphatic rings. The van der Waals surface area contributed by atoms with Crippen LogP contribution in [0.3, 0.4) is 0 Å². The number of rotatable bonds is 6. The second-order valence-electron chi connectivity index (χ2n) is 3.70. The van der Waals surface area contributed by atoms with Crippen LogP contribution >= 0.6 is 0 Å². The molecule has 0 aromatic carbocycles. The van der Waals surface area contributed by atoms with Crippen LogP contribution in [-0.4, -0.2) is 29.1 Å². The molecule has 3 heteroatoms. The SMILES string of the molecule is CCN(CC)CCCn1cc[n+](C)c1. The molecule has 0 spiro atoms. The molecule has 80 valence electrons. The van der Waals surface area contributed by atoms with Crippen LogP contribution < -0.4 is 4.57 Å². The van der Waals surface area contributed by atoms with E-state index in [-0.39, 0.29) is 0 Å². The fourth-order valence-electron chi connectivity index (χ4n) is 1.65. The first-order chi connectivity index (χ1) is 6.76. The maximum atomic E-state index is 2.46. The summed E-state index contributed by atoms with van der Waals surface area (Å²) in [7, 11) is 2.06. The van der Waals surface area contributed by atoms with Gasteiger partial charge in [-0.2, -0.15) is 0 Å². The van der Waals surface area contributed by atoms with Crippen LogP contribution in [0.5, 0.6) is 0 Å². The van der Waals surface area contributed by atoms with Gasteiger partial charge < -0.3 is 4.90 Å². The van der Waals surface area contributed by atoms with E-state index >= 15 is 0 Å². The minimum absolute atomic E-state index is 1.12. The smallest absolute Gasteiger partial charge is 0.243 e. The fourth-order valence-corrected chi connectivity index (χ4v) is 1.65. The normalized spacial score (nSPS) is 11.1. The highest BCUT2D eigenvalue weighted by Gasteiger charge is 2.02. The molecule has 0 radical (unpaired) electrons. The van der Waals surface area contributed by atoms with Crippen LogP contribution in [0.25, 0.3) is 0 Å². The zero-order valence-electron chi connectivity index (χ0n) is 9.61. The Hall–Kier alpha value is -0.830. The minimum Gasteiger partial charge on any atom is -0.304 e. The van der Waals surface area contributed by atoms with Crippen molar-refractivity contribution in [3.05, 3.63) is 18.7 Å². The first-order valence-electron chi connectivity index (χ1n) is 5.49. The van der Waals surface area contributed by atoms with Crippen molar-refractivity contribution in [1.82, 2.24) is 9.47 Å². The molecule has 1 aromatic heterocycles. The summed E-state index contributed by atoms with van der Waals surface area (Å²) in [6.07, 6.45) is 7.57. The molecule has 3 nitrogen and oxygen atoms in total. The molecule has 0 saturated heterocycles. The predicted octanol–water partition coefficient (Wildman–Crippen LogP) is 1.04. The summed E-state index contributed by atoms with van der Waals surface area (Å²) in [5.74, 6) is 0. The maximum absolute atomic E-state index is 2.46. The van der Waals surface area contributed by atoms with Gasteiger partial charge in [-0.05, 0) is 19.5 Å². The van der Waals surface area contributed by atoms with E-state index in [0.717, 1.165) is 19.6 Å². The van der Waals surface area contributed by atoms with Crippen molar-refractivity contribution in [2.24, 2.45) is 7.05 Å². The number of aromatic nitrogens is 2. The summed E-state index contributed by atoms with van der Waals surface area (Å²) >= 11 is 0. The lowest BCUT2D eigenvalue weighted by Crippen LogP contribution is -2.25. The number of nitrogens with zero attached hydrogens (tertiary/aromatic N) is 3. The van der Waals surface area contributed by atoms with Gasteiger partial charge in [0.1, 0.15) is 12.4 Å². The van der Waals surface area contributed by atoms with Crippen LogP contribution in [0.15, 0.2) is 18.7 Å². The topological polar surface area (TPSA) is 12.1 Å². The third-order valence-corrected chi connectivity index (χ3v) is 2.61. The molecule has 0 aliphatic heterocycles. The van der Waals surface area contributed by atoms with Gasteiger partial charge in [0.05, 0.1) is 13.6 Å². The minimum atomic E-state index is 1.12. The molecule has 0 unspecified atom stereocenters. The number of imidazole rings is 1. The summed E-state index contributed by atoms with van der Waals surface area (Å²) in [6.45, 7) is 9.09. The van der Waals surface area contributed by atoms with Gasteiger partial charge in [-0.15, -0.1) is 0 Å². The Labute approximate surface area is 87.0 Å². The van der Waals surface area contributed by atoms with E-state index in [1.54, 1.807) is 0 Å². The Morgan fingerprint density at radius 3 is 2.50 bits per heavy atom. The first-order valence-corrected chi connectivity index (χ1v) is 5.49. The Morgan fingerprint density at radius 2 is 2.00 bits per heavy atom. The van der Waals surface area contributed by atoms with Crippen molar-refractivity contribution >= 4 is 0 Å². The summed E-state index contributed by atoms with van der Waals surface area (Å²) in [5, 5.41) is 0. The lowest BCUT2D eigenvalue weighted by Gasteiger charge is -2.16. The van der Waals surface area contributed by atoms with E-state index in [0.29, 0.717) is 0 Å². The largest absolute Gasteiger partial charge is 0.304 e. The van der Waals surface area contributed by atoms with Crippen LogP contribution in [0.2, 0.25) is 0 Å². The Kier molecular flexibility index (Phi) is 4.66. The highest BCUT2D eigenvalue weighted by Crippen LogP contribution is 1.94. The number of aryl methyl sites for hydroxylation is 2. The van der Waals surface area contributed by atoms with E-state index in [1.807, 2.05) is 0 Å². The van der Waals surface area contributed by atoms with E-state index in [4.69, 9.17) is 0 Å². The van der Waals surface area contributed by atoms with Gasteiger partial charge in [0.15, 0.2) is 0 Å². The molecule has 1 aromatic rings. The van der Waals surface area contributed by atoms with Crippen LogP contribution in [0.1, 0.15) is 20.3 Å². The zero-order valence-corrected chi connectivity index (χ0v) is 9.61. The second-order valence-corrected chi connectivity index (χ2v) is 3.70. The summed E-state index contributed by atoms with van der Waals surface area (Å²) < 4.78 is 4.32. The zero-order chi connectivity index (χ0) is 10.4. The summed E-state index contributed by atoms with van der Waals surface area (Å²) in [4.78, 5) is 2.46. The first kappa shape index (κ1) is 11.2. The van der Waals surface area contributed by atoms with Crippen molar-refractivity contribution in [3.63, 3.8) is 0 Å². The monoisotopic (exact) mass is 196 g/mol.